The molecule has 0 radical (unpaired) electrons. The zero-order valence-corrected chi connectivity index (χ0v) is 12.7. The number of hydrogen-bond donors (Lipinski definition) is 2. The Labute approximate surface area is 128 Å². The van der Waals surface area contributed by atoms with Crippen LogP contribution in [0.15, 0.2) is 35.4 Å². The molecule has 1 aliphatic rings. The second kappa shape index (κ2) is 6.45. The van der Waals surface area contributed by atoms with Crippen LogP contribution >= 0.6 is 0 Å². The van der Waals surface area contributed by atoms with Crippen molar-refractivity contribution in [3.05, 3.63) is 36.3 Å². The van der Waals surface area contributed by atoms with Gasteiger partial charge in [-0.3, -0.25) is 0 Å². The summed E-state index contributed by atoms with van der Waals surface area (Å²) in [5.74, 6) is -2.23. The molecule has 0 unspecified atom stereocenters. The van der Waals surface area contributed by atoms with Crippen molar-refractivity contribution in [1.82, 2.24) is 4.31 Å². The lowest BCUT2D eigenvalue weighted by Gasteiger charge is -2.27. The quantitative estimate of drug-likeness (QED) is 0.808. The third-order valence-corrected chi connectivity index (χ3v) is 5.38. The van der Waals surface area contributed by atoms with Gasteiger partial charge in [0, 0.05) is 13.1 Å². The third-order valence-electron chi connectivity index (χ3n) is 3.44. The molecule has 2 N–H and O–H groups in total. The van der Waals surface area contributed by atoms with Crippen LogP contribution in [0, 0.1) is 5.82 Å². The SMILES string of the molecule is C=C(Nc1c(F)cccc1S(=O)(=O)N1CCCCC1)C(=O)O. The minimum atomic E-state index is -3.89. The minimum absolute atomic E-state index is 0.281. The summed E-state index contributed by atoms with van der Waals surface area (Å²) >= 11 is 0. The van der Waals surface area contributed by atoms with Crippen molar-refractivity contribution in [2.24, 2.45) is 0 Å². The summed E-state index contributed by atoms with van der Waals surface area (Å²) in [4.78, 5) is 10.6. The van der Waals surface area contributed by atoms with Gasteiger partial charge in [0.25, 0.3) is 0 Å². The van der Waals surface area contributed by atoms with Crippen LogP contribution < -0.4 is 5.32 Å². The van der Waals surface area contributed by atoms with Crippen molar-refractivity contribution < 1.29 is 22.7 Å². The lowest BCUT2D eigenvalue weighted by molar-refractivity contribution is -0.132. The summed E-state index contributed by atoms with van der Waals surface area (Å²) in [5, 5.41) is 11.1. The molecule has 2 rings (SSSR count). The molecule has 0 bridgehead atoms. The fourth-order valence-corrected chi connectivity index (χ4v) is 3.96. The highest BCUT2D eigenvalue weighted by atomic mass is 32.2. The minimum Gasteiger partial charge on any atom is -0.477 e. The number of carboxylic acid groups (broad SMARTS) is 1. The van der Waals surface area contributed by atoms with Crippen molar-refractivity contribution in [2.75, 3.05) is 18.4 Å². The van der Waals surface area contributed by atoms with E-state index in [1.807, 2.05) is 0 Å². The van der Waals surface area contributed by atoms with Crippen LogP contribution in [0.25, 0.3) is 0 Å². The molecule has 0 aromatic heterocycles. The molecule has 1 aromatic carbocycles. The van der Waals surface area contributed by atoms with E-state index < -0.39 is 27.5 Å². The average Bonchev–Trinajstić information content (AvgIpc) is 2.49. The van der Waals surface area contributed by atoms with Crippen LogP contribution in [0.3, 0.4) is 0 Å². The van der Waals surface area contributed by atoms with Gasteiger partial charge in [-0.25, -0.2) is 17.6 Å². The molecule has 1 heterocycles. The van der Waals surface area contributed by atoms with Crippen LogP contribution in [0.4, 0.5) is 10.1 Å². The van der Waals surface area contributed by atoms with E-state index in [0.29, 0.717) is 13.1 Å². The molecule has 8 heteroatoms. The first-order valence-electron chi connectivity index (χ1n) is 6.82. The molecule has 0 aliphatic carbocycles. The number of hydrogen-bond acceptors (Lipinski definition) is 4. The molecule has 1 fully saturated rings. The average molecular weight is 328 g/mol. The number of carbonyl (C=O) groups is 1. The monoisotopic (exact) mass is 328 g/mol. The second-order valence-corrected chi connectivity index (χ2v) is 6.89. The fraction of sp³-hybridized carbons (Fsp3) is 0.357. The summed E-state index contributed by atoms with van der Waals surface area (Å²) in [6.45, 7) is 3.99. The van der Waals surface area contributed by atoms with Crippen molar-refractivity contribution in [3.8, 4) is 0 Å². The standard InChI is InChI=1S/C14H17FN2O4S/c1-10(14(18)19)16-13-11(15)6-5-7-12(13)22(20,21)17-8-3-2-4-9-17/h5-7,16H,1-4,8-9H2,(H,18,19). The number of anilines is 1. The highest BCUT2D eigenvalue weighted by Gasteiger charge is 2.29. The van der Waals surface area contributed by atoms with Gasteiger partial charge in [-0.2, -0.15) is 4.31 Å². The highest BCUT2D eigenvalue weighted by molar-refractivity contribution is 7.89. The van der Waals surface area contributed by atoms with E-state index in [0.717, 1.165) is 25.3 Å². The van der Waals surface area contributed by atoms with E-state index in [1.54, 1.807) is 0 Å². The summed E-state index contributed by atoms with van der Waals surface area (Å²) in [6, 6.07) is 3.60. The van der Waals surface area contributed by atoms with E-state index in [2.05, 4.69) is 11.9 Å². The molecule has 120 valence electrons. The maximum atomic E-state index is 14.0. The zero-order valence-electron chi connectivity index (χ0n) is 11.9. The predicted octanol–water partition coefficient (Wildman–Crippen LogP) is 2.01. The number of carboxylic acids is 1. The van der Waals surface area contributed by atoms with Gasteiger partial charge in [-0.15, -0.1) is 0 Å². The Kier molecular flexibility index (Phi) is 4.82. The summed E-state index contributed by atoms with van der Waals surface area (Å²) in [7, 11) is -3.89. The number of sulfonamides is 1. The van der Waals surface area contributed by atoms with Gasteiger partial charge in [0.1, 0.15) is 16.4 Å². The van der Waals surface area contributed by atoms with Gasteiger partial charge in [0.2, 0.25) is 10.0 Å². The van der Waals surface area contributed by atoms with E-state index >= 15 is 0 Å². The first-order valence-corrected chi connectivity index (χ1v) is 8.26. The summed E-state index contributed by atoms with van der Waals surface area (Å²) in [5.41, 5.74) is -0.888. The molecule has 0 amide bonds. The number of aliphatic carboxylic acids is 1. The zero-order chi connectivity index (χ0) is 16.3. The number of halogens is 1. The number of rotatable bonds is 5. The van der Waals surface area contributed by atoms with Crippen LogP contribution in [0.1, 0.15) is 19.3 Å². The maximum Gasteiger partial charge on any atom is 0.351 e. The van der Waals surface area contributed by atoms with Crippen molar-refractivity contribution in [2.45, 2.75) is 24.2 Å². The van der Waals surface area contributed by atoms with Crippen LogP contribution in [0.5, 0.6) is 0 Å². The van der Waals surface area contributed by atoms with Gasteiger partial charge in [0.15, 0.2) is 0 Å². The van der Waals surface area contributed by atoms with E-state index in [4.69, 9.17) is 5.11 Å². The van der Waals surface area contributed by atoms with Gasteiger partial charge < -0.3 is 10.4 Å². The molecule has 1 aliphatic heterocycles. The molecule has 0 saturated carbocycles. The molecule has 1 aromatic rings. The van der Waals surface area contributed by atoms with Crippen molar-refractivity contribution in [3.63, 3.8) is 0 Å². The van der Waals surface area contributed by atoms with Crippen LogP contribution in [0.2, 0.25) is 0 Å². The van der Waals surface area contributed by atoms with E-state index in [-0.39, 0.29) is 10.6 Å². The Balaban J connectivity index is 2.44. The van der Waals surface area contributed by atoms with Crippen molar-refractivity contribution >= 4 is 21.7 Å². The fourth-order valence-electron chi connectivity index (χ4n) is 2.29. The van der Waals surface area contributed by atoms with E-state index in [9.17, 15) is 17.6 Å². The largest absolute Gasteiger partial charge is 0.477 e. The van der Waals surface area contributed by atoms with Crippen molar-refractivity contribution in [1.29, 1.82) is 0 Å². The Morgan fingerprint density at radius 1 is 1.27 bits per heavy atom. The first-order chi connectivity index (χ1) is 10.3. The second-order valence-electron chi connectivity index (χ2n) is 4.99. The Hall–Kier alpha value is -1.93. The summed E-state index contributed by atoms with van der Waals surface area (Å²) < 4.78 is 40.6. The molecule has 6 nitrogen and oxygen atoms in total. The lowest BCUT2D eigenvalue weighted by atomic mass is 10.2. The molecule has 1 saturated heterocycles. The van der Waals surface area contributed by atoms with Gasteiger partial charge in [-0.05, 0) is 25.0 Å². The van der Waals surface area contributed by atoms with E-state index in [1.165, 1.54) is 16.4 Å². The van der Waals surface area contributed by atoms with Crippen LogP contribution in [-0.4, -0.2) is 36.9 Å². The Morgan fingerprint density at radius 2 is 1.91 bits per heavy atom. The number of nitrogens with zero attached hydrogens (tertiary/aromatic N) is 1. The highest BCUT2D eigenvalue weighted by Crippen LogP contribution is 2.29. The smallest absolute Gasteiger partial charge is 0.351 e. The Bertz CT molecular complexity index is 697. The Morgan fingerprint density at radius 3 is 2.50 bits per heavy atom. The third kappa shape index (κ3) is 3.28. The number of nitrogens with one attached hydrogen (secondary N) is 1. The first kappa shape index (κ1) is 16.4. The van der Waals surface area contributed by atoms with Gasteiger partial charge in [-0.1, -0.05) is 19.1 Å². The molecular weight excluding hydrogens is 311 g/mol. The number of benzene rings is 1. The summed E-state index contributed by atoms with van der Waals surface area (Å²) in [6.07, 6.45) is 2.45. The molecule has 0 atom stereocenters. The topological polar surface area (TPSA) is 86.7 Å². The number of para-hydroxylation sites is 1. The van der Waals surface area contributed by atoms with Gasteiger partial charge in [0.05, 0.1) is 5.69 Å². The molecular formula is C14H17FN2O4S. The van der Waals surface area contributed by atoms with Crippen LogP contribution in [-0.2, 0) is 14.8 Å². The predicted molar refractivity (Wildman–Crippen MR) is 79.4 cm³/mol. The van der Waals surface area contributed by atoms with Gasteiger partial charge >= 0.3 is 5.97 Å². The normalized spacial score (nSPS) is 16.2. The lowest BCUT2D eigenvalue weighted by Crippen LogP contribution is -2.36. The molecule has 0 spiro atoms. The molecule has 22 heavy (non-hydrogen) atoms. The number of piperidine rings is 1. The maximum absolute atomic E-state index is 14.0.